The summed E-state index contributed by atoms with van der Waals surface area (Å²) < 4.78 is 0. The number of amides is 1. The first-order valence-electron chi connectivity index (χ1n) is 6.58. The SMILES string of the molecule is CC1CN(C(=O)CN2CCNCC2)CCN1C. The van der Waals surface area contributed by atoms with E-state index >= 15 is 0 Å². The van der Waals surface area contributed by atoms with Crippen LogP contribution >= 0.6 is 0 Å². The lowest BCUT2D eigenvalue weighted by atomic mass is 10.2. The molecule has 1 amide bonds. The molecule has 1 atom stereocenters. The summed E-state index contributed by atoms with van der Waals surface area (Å²) in [5.41, 5.74) is 0. The molecule has 0 bridgehead atoms. The molecule has 5 nitrogen and oxygen atoms in total. The molecule has 0 saturated carbocycles. The number of nitrogens with one attached hydrogen (secondary N) is 1. The smallest absolute Gasteiger partial charge is 0.236 e. The van der Waals surface area contributed by atoms with E-state index in [9.17, 15) is 4.79 Å². The van der Waals surface area contributed by atoms with Crippen LogP contribution in [-0.2, 0) is 4.79 Å². The van der Waals surface area contributed by atoms with Crippen molar-refractivity contribution in [1.82, 2.24) is 20.0 Å². The molecule has 0 aromatic rings. The number of carbonyl (C=O) groups is 1. The van der Waals surface area contributed by atoms with Crippen LogP contribution in [0.2, 0.25) is 0 Å². The Balaban J connectivity index is 1.79. The Bertz CT molecular complexity index is 265. The molecule has 2 fully saturated rings. The third kappa shape index (κ3) is 3.40. The zero-order valence-corrected chi connectivity index (χ0v) is 11.0. The maximum Gasteiger partial charge on any atom is 0.236 e. The van der Waals surface area contributed by atoms with Crippen molar-refractivity contribution in [2.24, 2.45) is 0 Å². The molecule has 0 aromatic carbocycles. The number of nitrogens with zero attached hydrogens (tertiary/aromatic N) is 3. The molecule has 0 aliphatic carbocycles. The van der Waals surface area contributed by atoms with Crippen molar-refractivity contribution >= 4 is 5.91 Å². The van der Waals surface area contributed by atoms with Gasteiger partial charge in [-0.3, -0.25) is 9.69 Å². The van der Waals surface area contributed by atoms with Crippen LogP contribution < -0.4 is 5.32 Å². The van der Waals surface area contributed by atoms with Gasteiger partial charge in [0.25, 0.3) is 0 Å². The Morgan fingerprint density at radius 1 is 1.24 bits per heavy atom. The predicted molar refractivity (Wildman–Crippen MR) is 68.0 cm³/mol. The maximum atomic E-state index is 12.2. The second-order valence-corrected chi connectivity index (χ2v) is 5.20. The molecule has 2 aliphatic heterocycles. The van der Waals surface area contributed by atoms with Gasteiger partial charge in [0, 0.05) is 51.9 Å². The summed E-state index contributed by atoms with van der Waals surface area (Å²) in [5, 5.41) is 3.31. The van der Waals surface area contributed by atoms with Crippen molar-refractivity contribution in [2.75, 3.05) is 59.4 Å². The number of hydrogen-bond acceptors (Lipinski definition) is 4. The third-order valence-corrected chi connectivity index (χ3v) is 3.88. The van der Waals surface area contributed by atoms with Crippen molar-refractivity contribution in [1.29, 1.82) is 0 Å². The van der Waals surface area contributed by atoms with E-state index in [2.05, 4.69) is 29.1 Å². The third-order valence-electron chi connectivity index (χ3n) is 3.88. The van der Waals surface area contributed by atoms with Crippen LogP contribution in [0, 0.1) is 0 Å². The van der Waals surface area contributed by atoms with Crippen LogP contribution in [0.15, 0.2) is 0 Å². The fourth-order valence-corrected chi connectivity index (χ4v) is 2.44. The summed E-state index contributed by atoms with van der Waals surface area (Å²) in [6, 6.07) is 0.482. The Kier molecular flexibility index (Phi) is 4.36. The van der Waals surface area contributed by atoms with Crippen LogP contribution in [0.4, 0.5) is 0 Å². The summed E-state index contributed by atoms with van der Waals surface area (Å²) >= 11 is 0. The van der Waals surface area contributed by atoms with Crippen LogP contribution in [0.1, 0.15) is 6.92 Å². The van der Waals surface area contributed by atoms with Gasteiger partial charge < -0.3 is 15.1 Å². The molecule has 0 spiro atoms. The first-order valence-corrected chi connectivity index (χ1v) is 6.58. The van der Waals surface area contributed by atoms with E-state index in [1.807, 2.05) is 4.90 Å². The minimum absolute atomic E-state index is 0.298. The average molecular weight is 240 g/mol. The monoisotopic (exact) mass is 240 g/mol. The summed E-state index contributed by atoms with van der Waals surface area (Å²) in [6.45, 7) is 9.53. The number of likely N-dealkylation sites (N-methyl/N-ethyl adjacent to an activating group) is 1. The molecule has 5 heteroatoms. The Hall–Kier alpha value is -0.650. The molecule has 98 valence electrons. The van der Waals surface area contributed by atoms with Gasteiger partial charge in [0.15, 0.2) is 0 Å². The summed E-state index contributed by atoms with van der Waals surface area (Å²) in [4.78, 5) is 18.8. The molecular formula is C12H24N4O. The first kappa shape index (κ1) is 12.8. The predicted octanol–water partition coefficient (Wildman–Crippen LogP) is -0.946. The topological polar surface area (TPSA) is 38.8 Å². The lowest BCUT2D eigenvalue weighted by Gasteiger charge is -2.38. The van der Waals surface area contributed by atoms with Crippen molar-refractivity contribution in [3.05, 3.63) is 0 Å². The van der Waals surface area contributed by atoms with Gasteiger partial charge in [-0.2, -0.15) is 0 Å². The van der Waals surface area contributed by atoms with E-state index in [1.165, 1.54) is 0 Å². The molecule has 17 heavy (non-hydrogen) atoms. The number of hydrogen-bond donors (Lipinski definition) is 1. The lowest BCUT2D eigenvalue weighted by Crippen LogP contribution is -2.55. The fraction of sp³-hybridized carbons (Fsp3) is 0.917. The van der Waals surface area contributed by atoms with E-state index in [-0.39, 0.29) is 0 Å². The Labute approximate surface area is 104 Å². The molecule has 0 radical (unpaired) electrons. The van der Waals surface area contributed by atoms with Crippen molar-refractivity contribution < 1.29 is 4.79 Å². The summed E-state index contributed by atoms with van der Waals surface area (Å²) in [6.07, 6.45) is 0. The highest BCUT2D eigenvalue weighted by atomic mass is 16.2. The van der Waals surface area contributed by atoms with Gasteiger partial charge >= 0.3 is 0 Å². The van der Waals surface area contributed by atoms with Crippen LogP contribution in [0.3, 0.4) is 0 Å². The Morgan fingerprint density at radius 3 is 2.59 bits per heavy atom. The van der Waals surface area contributed by atoms with Gasteiger partial charge in [-0.05, 0) is 14.0 Å². The zero-order chi connectivity index (χ0) is 12.3. The van der Waals surface area contributed by atoms with Gasteiger partial charge in [-0.25, -0.2) is 0 Å². The number of rotatable bonds is 2. The molecule has 2 aliphatic rings. The van der Waals surface area contributed by atoms with E-state index in [0.29, 0.717) is 18.5 Å². The molecular weight excluding hydrogens is 216 g/mol. The van der Waals surface area contributed by atoms with E-state index < -0.39 is 0 Å². The largest absolute Gasteiger partial charge is 0.339 e. The molecule has 1 unspecified atom stereocenters. The molecule has 0 aromatic heterocycles. The van der Waals surface area contributed by atoms with E-state index in [4.69, 9.17) is 0 Å². The summed E-state index contributed by atoms with van der Waals surface area (Å²) in [7, 11) is 2.13. The second kappa shape index (κ2) is 5.80. The fourth-order valence-electron chi connectivity index (χ4n) is 2.44. The minimum Gasteiger partial charge on any atom is -0.339 e. The number of piperazine rings is 2. The van der Waals surface area contributed by atoms with Crippen molar-refractivity contribution in [2.45, 2.75) is 13.0 Å². The van der Waals surface area contributed by atoms with Crippen molar-refractivity contribution in [3.63, 3.8) is 0 Å². The van der Waals surface area contributed by atoms with Gasteiger partial charge in [-0.1, -0.05) is 0 Å². The Morgan fingerprint density at radius 2 is 1.94 bits per heavy atom. The standard InChI is InChI=1S/C12H24N4O/c1-11-9-16(8-7-14(11)2)12(17)10-15-5-3-13-4-6-15/h11,13H,3-10H2,1-2H3. The molecule has 2 rings (SSSR count). The minimum atomic E-state index is 0.298. The van der Waals surface area contributed by atoms with Gasteiger partial charge in [0.2, 0.25) is 5.91 Å². The highest BCUT2D eigenvalue weighted by Gasteiger charge is 2.25. The normalized spacial score (nSPS) is 28.4. The second-order valence-electron chi connectivity index (χ2n) is 5.20. The van der Waals surface area contributed by atoms with Gasteiger partial charge in [0.1, 0.15) is 0 Å². The summed E-state index contributed by atoms with van der Waals surface area (Å²) in [5.74, 6) is 0.298. The van der Waals surface area contributed by atoms with Crippen LogP contribution in [0.25, 0.3) is 0 Å². The van der Waals surface area contributed by atoms with Gasteiger partial charge in [-0.15, -0.1) is 0 Å². The van der Waals surface area contributed by atoms with E-state index in [0.717, 1.165) is 45.8 Å². The first-order chi connectivity index (χ1) is 8.16. The lowest BCUT2D eigenvalue weighted by molar-refractivity contribution is -0.135. The molecule has 2 saturated heterocycles. The van der Waals surface area contributed by atoms with Crippen LogP contribution in [-0.4, -0.2) is 86.1 Å². The highest BCUT2D eigenvalue weighted by Crippen LogP contribution is 2.07. The maximum absolute atomic E-state index is 12.2. The van der Waals surface area contributed by atoms with E-state index in [1.54, 1.807) is 0 Å². The number of carbonyl (C=O) groups excluding carboxylic acids is 1. The quantitative estimate of drug-likeness (QED) is 0.676. The highest BCUT2D eigenvalue weighted by molar-refractivity contribution is 5.78. The molecule has 2 heterocycles. The zero-order valence-electron chi connectivity index (χ0n) is 11.0. The average Bonchev–Trinajstić information content (AvgIpc) is 2.34. The molecule has 1 N–H and O–H groups in total. The van der Waals surface area contributed by atoms with Crippen molar-refractivity contribution in [3.8, 4) is 0 Å². The van der Waals surface area contributed by atoms with Crippen LogP contribution in [0.5, 0.6) is 0 Å². The van der Waals surface area contributed by atoms with Gasteiger partial charge in [0.05, 0.1) is 6.54 Å².